The van der Waals surface area contributed by atoms with Gasteiger partial charge in [0, 0.05) is 25.9 Å². The molecule has 1 aromatic heterocycles. The van der Waals surface area contributed by atoms with E-state index in [9.17, 15) is 19.6 Å². The number of ether oxygens (including phenoxy) is 1. The number of methoxy groups -OCH3 is 1. The number of nitriles is 1. The lowest BCUT2D eigenvalue weighted by molar-refractivity contribution is -0.128. The number of hydrogen-bond donors (Lipinski definition) is 3. The summed E-state index contributed by atoms with van der Waals surface area (Å²) in [6, 6.07) is 8.15. The van der Waals surface area contributed by atoms with Gasteiger partial charge in [0.15, 0.2) is 0 Å². The van der Waals surface area contributed by atoms with E-state index in [1.807, 2.05) is 6.07 Å². The molecule has 182 valence electrons. The zero-order chi connectivity index (χ0) is 25.0. The molecule has 3 amide bonds. The van der Waals surface area contributed by atoms with Crippen molar-refractivity contribution in [2.75, 3.05) is 13.7 Å². The third-order valence-corrected chi connectivity index (χ3v) is 7.74. The fourth-order valence-electron chi connectivity index (χ4n) is 4.57. The average molecular weight is 484 g/mol. The maximum absolute atomic E-state index is 13.6. The molecule has 1 fully saturated rings. The van der Waals surface area contributed by atoms with Gasteiger partial charge in [-0.2, -0.15) is 5.26 Å². The molecule has 0 bridgehead atoms. The monoisotopic (exact) mass is 483 g/mol. The highest BCUT2D eigenvalue weighted by Crippen LogP contribution is 2.34. The molecule has 34 heavy (non-hydrogen) atoms. The second-order valence-electron chi connectivity index (χ2n) is 9.99. The van der Waals surface area contributed by atoms with E-state index in [0.29, 0.717) is 35.7 Å². The highest BCUT2D eigenvalue weighted by Gasteiger charge is 2.34. The minimum absolute atomic E-state index is 0.0843. The number of carbonyl (C=O) groups excluding carboxylic acids is 3. The number of aromatic nitrogens is 1. The molecule has 1 saturated heterocycles. The fraction of sp³-hybridized carbons (Fsp3) is 0.500. The SMILES string of the molecule is COc1cccc2c1cc(C(N)=O)n2[C@@H](C[Si](C)(C)C)C(=O)N[C@H](C#N)C[C@@H]1CCCNC1=O. The molecule has 0 radical (unpaired) electrons. The van der Waals surface area contributed by atoms with Crippen molar-refractivity contribution in [3.05, 3.63) is 30.0 Å². The first kappa shape index (κ1) is 25.3. The summed E-state index contributed by atoms with van der Waals surface area (Å²) in [7, 11) is -0.290. The van der Waals surface area contributed by atoms with Gasteiger partial charge in [-0.15, -0.1) is 0 Å². The summed E-state index contributed by atoms with van der Waals surface area (Å²) in [6.45, 7) is 7.05. The number of nitrogens with one attached hydrogen (secondary N) is 2. The molecule has 2 aromatic rings. The molecule has 1 aliphatic heterocycles. The molecule has 3 rings (SSSR count). The summed E-state index contributed by atoms with van der Waals surface area (Å²) in [5.41, 5.74) is 6.59. The Morgan fingerprint density at radius 1 is 1.38 bits per heavy atom. The van der Waals surface area contributed by atoms with Crippen LogP contribution in [-0.2, 0) is 9.59 Å². The number of piperidine rings is 1. The number of hydrogen-bond acceptors (Lipinski definition) is 5. The van der Waals surface area contributed by atoms with E-state index in [0.717, 1.165) is 6.42 Å². The molecule has 2 heterocycles. The quantitative estimate of drug-likeness (QED) is 0.470. The van der Waals surface area contributed by atoms with E-state index in [-0.39, 0.29) is 29.8 Å². The van der Waals surface area contributed by atoms with Crippen LogP contribution in [-0.4, -0.2) is 50.1 Å². The Labute approximate surface area is 200 Å². The van der Waals surface area contributed by atoms with Crippen molar-refractivity contribution in [1.82, 2.24) is 15.2 Å². The standard InChI is InChI=1S/C24H33N5O4Si/c1-33-21-9-5-8-18-17(21)12-19(22(26)30)29(18)20(14-34(2,3)4)24(32)28-16(13-25)11-15-7-6-10-27-23(15)31/h5,8-9,12,15-16,20H,6-7,10-11,14H2,1-4H3,(H2,26,30)(H,27,31)(H,28,32)/t15-,16-,20-/m0/s1. The first-order chi connectivity index (χ1) is 16.1. The van der Waals surface area contributed by atoms with Crippen LogP contribution in [0.25, 0.3) is 10.9 Å². The van der Waals surface area contributed by atoms with Crippen LogP contribution >= 0.6 is 0 Å². The lowest BCUT2D eigenvalue weighted by Crippen LogP contribution is -2.45. The van der Waals surface area contributed by atoms with Crippen LogP contribution in [0.3, 0.4) is 0 Å². The van der Waals surface area contributed by atoms with E-state index in [2.05, 4.69) is 36.3 Å². The molecule has 3 atom stereocenters. The molecule has 10 heteroatoms. The van der Waals surface area contributed by atoms with Crippen LogP contribution < -0.4 is 21.1 Å². The predicted molar refractivity (Wildman–Crippen MR) is 132 cm³/mol. The summed E-state index contributed by atoms with van der Waals surface area (Å²) in [5.74, 6) is -0.842. The third kappa shape index (κ3) is 5.59. The summed E-state index contributed by atoms with van der Waals surface area (Å²) >= 11 is 0. The second kappa shape index (κ2) is 10.3. The fourth-order valence-corrected chi connectivity index (χ4v) is 6.09. The van der Waals surface area contributed by atoms with E-state index >= 15 is 0 Å². The molecule has 1 aromatic carbocycles. The van der Waals surface area contributed by atoms with Crippen LogP contribution in [0.4, 0.5) is 0 Å². The Kier molecular flexibility index (Phi) is 7.67. The van der Waals surface area contributed by atoms with Gasteiger partial charge in [0.1, 0.15) is 23.5 Å². The van der Waals surface area contributed by atoms with Gasteiger partial charge < -0.3 is 25.7 Å². The van der Waals surface area contributed by atoms with E-state index < -0.39 is 26.1 Å². The van der Waals surface area contributed by atoms with E-state index in [1.165, 1.54) is 0 Å². The Balaban J connectivity index is 2.00. The Bertz CT molecular complexity index is 1130. The first-order valence-electron chi connectivity index (χ1n) is 11.5. The number of primary amides is 1. The van der Waals surface area contributed by atoms with E-state index in [4.69, 9.17) is 10.5 Å². The Hall–Kier alpha value is -3.32. The lowest BCUT2D eigenvalue weighted by Gasteiger charge is -2.29. The maximum Gasteiger partial charge on any atom is 0.265 e. The molecule has 9 nitrogen and oxygen atoms in total. The summed E-state index contributed by atoms with van der Waals surface area (Å²) in [5, 5.41) is 16.1. The van der Waals surface area contributed by atoms with Crippen LogP contribution in [0, 0.1) is 17.2 Å². The summed E-state index contributed by atoms with van der Waals surface area (Å²) in [4.78, 5) is 38.2. The predicted octanol–water partition coefficient (Wildman–Crippen LogP) is 2.55. The molecular formula is C24H33N5O4Si. The van der Waals surface area contributed by atoms with Crippen LogP contribution in [0.15, 0.2) is 24.3 Å². The van der Waals surface area contributed by atoms with Crippen LogP contribution in [0.5, 0.6) is 5.75 Å². The number of nitrogens with zero attached hydrogens (tertiary/aromatic N) is 2. The van der Waals surface area contributed by atoms with Crippen molar-refractivity contribution in [2.24, 2.45) is 11.7 Å². The van der Waals surface area contributed by atoms with Gasteiger partial charge in [-0.05, 0) is 43.5 Å². The average Bonchev–Trinajstić information content (AvgIpc) is 3.17. The lowest BCUT2D eigenvalue weighted by atomic mass is 9.92. The molecule has 4 N–H and O–H groups in total. The minimum Gasteiger partial charge on any atom is -0.496 e. The zero-order valence-electron chi connectivity index (χ0n) is 20.2. The molecule has 0 unspecified atom stereocenters. The molecule has 0 saturated carbocycles. The highest BCUT2D eigenvalue weighted by atomic mass is 28.3. The van der Waals surface area contributed by atoms with Gasteiger partial charge in [0.2, 0.25) is 11.8 Å². The number of rotatable bonds is 9. The first-order valence-corrected chi connectivity index (χ1v) is 15.2. The number of amides is 3. The van der Waals surface area contributed by atoms with Gasteiger partial charge in [-0.1, -0.05) is 25.7 Å². The Morgan fingerprint density at radius 2 is 2.12 bits per heavy atom. The van der Waals surface area contributed by atoms with Crippen molar-refractivity contribution < 1.29 is 19.1 Å². The van der Waals surface area contributed by atoms with Crippen LogP contribution in [0.1, 0.15) is 35.8 Å². The number of benzene rings is 1. The molecule has 1 aliphatic rings. The maximum atomic E-state index is 13.6. The summed E-state index contributed by atoms with van der Waals surface area (Å²) < 4.78 is 7.13. The Morgan fingerprint density at radius 3 is 2.71 bits per heavy atom. The van der Waals surface area contributed by atoms with Crippen molar-refractivity contribution in [3.8, 4) is 11.8 Å². The van der Waals surface area contributed by atoms with Crippen molar-refractivity contribution >= 4 is 36.7 Å². The van der Waals surface area contributed by atoms with Gasteiger partial charge in [-0.25, -0.2) is 0 Å². The van der Waals surface area contributed by atoms with Gasteiger partial charge in [-0.3, -0.25) is 14.4 Å². The minimum atomic E-state index is -1.83. The molecule has 0 spiro atoms. The van der Waals surface area contributed by atoms with Gasteiger partial charge >= 0.3 is 0 Å². The third-order valence-electron chi connectivity index (χ3n) is 6.13. The highest BCUT2D eigenvalue weighted by molar-refractivity contribution is 6.76. The zero-order valence-corrected chi connectivity index (χ0v) is 21.2. The number of carbonyl (C=O) groups is 3. The van der Waals surface area contributed by atoms with Crippen LogP contribution in [0.2, 0.25) is 25.7 Å². The van der Waals surface area contributed by atoms with Gasteiger partial charge in [0.25, 0.3) is 5.91 Å². The normalized spacial score (nSPS) is 18.0. The van der Waals surface area contributed by atoms with Crippen molar-refractivity contribution in [2.45, 2.75) is 57.0 Å². The van der Waals surface area contributed by atoms with Crippen molar-refractivity contribution in [1.29, 1.82) is 5.26 Å². The van der Waals surface area contributed by atoms with Gasteiger partial charge in [0.05, 0.1) is 18.7 Å². The second-order valence-corrected chi connectivity index (χ2v) is 15.5. The summed E-state index contributed by atoms with van der Waals surface area (Å²) in [6.07, 6.45) is 1.78. The number of fused-ring (bicyclic) bond motifs is 1. The molecular weight excluding hydrogens is 450 g/mol. The molecule has 0 aliphatic carbocycles. The number of nitrogens with two attached hydrogens (primary N) is 1. The largest absolute Gasteiger partial charge is 0.496 e. The van der Waals surface area contributed by atoms with Crippen molar-refractivity contribution in [3.63, 3.8) is 0 Å². The van der Waals surface area contributed by atoms with E-state index in [1.54, 1.807) is 29.9 Å². The smallest absolute Gasteiger partial charge is 0.265 e. The topological polar surface area (TPSA) is 139 Å².